The lowest BCUT2D eigenvalue weighted by Crippen LogP contribution is -2.13. The lowest BCUT2D eigenvalue weighted by molar-refractivity contribution is 0.0744. The lowest BCUT2D eigenvalue weighted by atomic mass is 9.99. The minimum atomic E-state index is -1.28. The number of phenols is 1. The number of aliphatic hydroxyl groups excluding tert-OH is 1. The molecule has 0 spiro atoms. The molecule has 0 bridgehead atoms. The highest BCUT2D eigenvalue weighted by atomic mass is 16.3. The molecule has 4 nitrogen and oxygen atoms in total. The van der Waals surface area contributed by atoms with Gasteiger partial charge >= 0.3 is 0 Å². The van der Waals surface area contributed by atoms with Gasteiger partial charge in [-0.3, -0.25) is 4.79 Å². The summed E-state index contributed by atoms with van der Waals surface area (Å²) >= 11 is 0. The maximum atomic E-state index is 12.3. The smallest absolute Gasteiger partial charge is 0.199 e. The molecule has 1 atom stereocenters. The Balaban J connectivity index is 2.32. The van der Waals surface area contributed by atoms with Gasteiger partial charge < -0.3 is 15.5 Å². The van der Waals surface area contributed by atoms with Crippen LogP contribution in [0.3, 0.4) is 0 Å². The summed E-state index contributed by atoms with van der Waals surface area (Å²) in [5, 5.41) is 23.2. The van der Waals surface area contributed by atoms with Crippen molar-refractivity contribution in [3.63, 3.8) is 0 Å². The van der Waals surface area contributed by atoms with Gasteiger partial charge in [-0.1, -0.05) is 36.4 Å². The number of aliphatic hydroxyl groups is 1. The van der Waals surface area contributed by atoms with Crippen LogP contribution in [0.5, 0.6) is 5.75 Å². The van der Waals surface area contributed by atoms with E-state index in [1.807, 2.05) is 13.0 Å². The first-order chi connectivity index (χ1) is 9.65. The van der Waals surface area contributed by atoms with Gasteiger partial charge in [-0.15, -0.1) is 0 Å². The van der Waals surface area contributed by atoms with Gasteiger partial charge in [-0.25, -0.2) is 0 Å². The Kier molecular flexibility index (Phi) is 4.38. The van der Waals surface area contributed by atoms with Crippen LogP contribution in [-0.4, -0.2) is 22.5 Å². The molecule has 2 aromatic carbocycles. The minimum absolute atomic E-state index is 0.111. The molecule has 104 valence electrons. The zero-order valence-corrected chi connectivity index (χ0v) is 11.2. The van der Waals surface area contributed by atoms with Crippen molar-refractivity contribution in [2.24, 2.45) is 0 Å². The highest BCUT2D eigenvalue weighted by molar-refractivity contribution is 6.03. The largest absolute Gasteiger partial charge is 0.505 e. The van der Waals surface area contributed by atoms with Crippen LogP contribution in [0.15, 0.2) is 48.5 Å². The second kappa shape index (κ2) is 6.21. The molecule has 2 aromatic rings. The molecule has 0 aliphatic carbocycles. The van der Waals surface area contributed by atoms with Gasteiger partial charge in [0.1, 0.15) is 11.9 Å². The predicted octanol–water partition coefficient (Wildman–Crippen LogP) is 2.74. The standard InChI is InChI=1S/C16H17NO3/c1-2-17-13-10-6-9-12(15(13)19)16(20)14(18)11-7-4-3-5-8-11/h3-10,14,17-19H,2H2,1H3. The molecule has 1 unspecified atom stereocenters. The van der Waals surface area contributed by atoms with Crippen molar-refractivity contribution >= 4 is 11.5 Å². The van der Waals surface area contributed by atoms with Crippen LogP contribution in [0.1, 0.15) is 28.9 Å². The number of phenolic OH excluding ortho intramolecular Hbond substituents is 1. The number of nitrogens with one attached hydrogen (secondary N) is 1. The third-order valence-corrected chi connectivity index (χ3v) is 3.03. The highest BCUT2D eigenvalue weighted by Crippen LogP contribution is 2.30. The topological polar surface area (TPSA) is 69.6 Å². The molecule has 0 heterocycles. The Morgan fingerprint density at radius 1 is 1.15 bits per heavy atom. The number of benzene rings is 2. The number of carbonyl (C=O) groups is 1. The fourth-order valence-corrected chi connectivity index (χ4v) is 2.01. The first kappa shape index (κ1) is 14.1. The molecule has 0 radical (unpaired) electrons. The molecule has 0 aliphatic rings. The molecule has 4 heteroatoms. The van der Waals surface area contributed by atoms with E-state index in [1.165, 1.54) is 6.07 Å². The van der Waals surface area contributed by atoms with E-state index in [-0.39, 0.29) is 11.3 Å². The van der Waals surface area contributed by atoms with Gasteiger partial charge in [-0.2, -0.15) is 0 Å². The monoisotopic (exact) mass is 271 g/mol. The number of anilines is 1. The van der Waals surface area contributed by atoms with Crippen molar-refractivity contribution in [3.8, 4) is 5.75 Å². The molecular weight excluding hydrogens is 254 g/mol. The molecular formula is C16H17NO3. The number of aromatic hydroxyl groups is 1. The van der Waals surface area contributed by atoms with Crippen LogP contribution in [0, 0.1) is 0 Å². The summed E-state index contributed by atoms with van der Waals surface area (Å²) in [6.07, 6.45) is -1.28. The van der Waals surface area contributed by atoms with Gasteiger partial charge in [-0.05, 0) is 24.6 Å². The normalized spacial score (nSPS) is 11.9. The summed E-state index contributed by atoms with van der Waals surface area (Å²) in [4.78, 5) is 12.3. The fraction of sp³-hybridized carbons (Fsp3) is 0.188. The Morgan fingerprint density at radius 3 is 2.50 bits per heavy atom. The predicted molar refractivity (Wildman–Crippen MR) is 78.0 cm³/mol. The van der Waals surface area contributed by atoms with E-state index in [0.29, 0.717) is 17.8 Å². The molecule has 3 N–H and O–H groups in total. The van der Waals surface area contributed by atoms with E-state index in [2.05, 4.69) is 5.32 Å². The van der Waals surface area contributed by atoms with Crippen LogP contribution in [-0.2, 0) is 0 Å². The Morgan fingerprint density at radius 2 is 1.85 bits per heavy atom. The second-order valence-electron chi connectivity index (χ2n) is 4.41. The quantitative estimate of drug-likeness (QED) is 0.577. The van der Waals surface area contributed by atoms with Crippen LogP contribution in [0.25, 0.3) is 0 Å². The molecule has 0 amide bonds. The van der Waals surface area contributed by atoms with E-state index in [9.17, 15) is 15.0 Å². The summed E-state index contributed by atoms with van der Waals surface area (Å²) < 4.78 is 0. The molecule has 0 aromatic heterocycles. The lowest BCUT2D eigenvalue weighted by Gasteiger charge is -2.13. The third kappa shape index (κ3) is 2.81. The molecule has 0 saturated heterocycles. The van der Waals surface area contributed by atoms with Crippen molar-refractivity contribution < 1.29 is 15.0 Å². The summed E-state index contributed by atoms with van der Waals surface area (Å²) in [6, 6.07) is 13.5. The number of rotatable bonds is 5. The Labute approximate surface area is 117 Å². The molecule has 0 aliphatic heterocycles. The highest BCUT2D eigenvalue weighted by Gasteiger charge is 2.22. The van der Waals surface area contributed by atoms with Gasteiger partial charge in [0.2, 0.25) is 0 Å². The number of hydrogen-bond donors (Lipinski definition) is 3. The minimum Gasteiger partial charge on any atom is -0.505 e. The van der Waals surface area contributed by atoms with Crippen LogP contribution < -0.4 is 5.32 Å². The van der Waals surface area contributed by atoms with Crippen molar-refractivity contribution in [1.82, 2.24) is 0 Å². The van der Waals surface area contributed by atoms with Crippen molar-refractivity contribution in [3.05, 3.63) is 59.7 Å². The molecule has 0 fully saturated rings. The molecule has 0 saturated carbocycles. The van der Waals surface area contributed by atoms with Crippen LogP contribution >= 0.6 is 0 Å². The average Bonchev–Trinajstić information content (AvgIpc) is 2.49. The van der Waals surface area contributed by atoms with Crippen molar-refractivity contribution in [2.45, 2.75) is 13.0 Å². The van der Waals surface area contributed by atoms with E-state index in [0.717, 1.165) is 0 Å². The maximum absolute atomic E-state index is 12.3. The fourth-order valence-electron chi connectivity index (χ4n) is 2.01. The number of hydrogen-bond acceptors (Lipinski definition) is 4. The third-order valence-electron chi connectivity index (χ3n) is 3.03. The average molecular weight is 271 g/mol. The van der Waals surface area contributed by atoms with Crippen molar-refractivity contribution in [2.75, 3.05) is 11.9 Å². The van der Waals surface area contributed by atoms with E-state index in [4.69, 9.17) is 0 Å². The van der Waals surface area contributed by atoms with Gasteiger partial charge in [0.15, 0.2) is 5.78 Å². The van der Waals surface area contributed by atoms with Crippen LogP contribution in [0.4, 0.5) is 5.69 Å². The van der Waals surface area contributed by atoms with E-state index < -0.39 is 11.9 Å². The SMILES string of the molecule is CCNc1cccc(C(=O)C(O)c2ccccc2)c1O. The van der Waals surface area contributed by atoms with Crippen LogP contribution in [0.2, 0.25) is 0 Å². The van der Waals surface area contributed by atoms with E-state index in [1.54, 1.807) is 36.4 Å². The first-order valence-corrected chi connectivity index (χ1v) is 6.48. The van der Waals surface area contributed by atoms with Crippen molar-refractivity contribution in [1.29, 1.82) is 0 Å². The second-order valence-corrected chi connectivity index (χ2v) is 4.41. The summed E-state index contributed by atoms with van der Waals surface area (Å²) in [5.41, 5.74) is 1.10. The van der Waals surface area contributed by atoms with Gasteiger partial charge in [0.25, 0.3) is 0 Å². The molecule has 20 heavy (non-hydrogen) atoms. The van der Waals surface area contributed by atoms with Gasteiger partial charge in [0, 0.05) is 6.54 Å². The zero-order chi connectivity index (χ0) is 14.5. The number of ketones is 1. The Hall–Kier alpha value is -2.33. The zero-order valence-electron chi connectivity index (χ0n) is 11.2. The van der Waals surface area contributed by atoms with E-state index >= 15 is 0 Å². The van der Waals surface area contributed by atoms with Gasteiger partial charge in [0.05, 0.1) is 11.3 Å². The molecule has 2 rings (SSSR count). The number of para-hydroxylation sites is 1. The summed E-state index contributed by atoms with van der Waals surface area (Å²) in [6.45, 7) is 2.53. The first-order valence-electron chi connectivity index (χ1n) is 6.48. The number of Topliss-reactive ketones (excluding diaryl/α,β-unsaturated/α-hetero) is 1. The summed E-state index contributed by atoms with van der Waals surface area (Å²) in [5.74, 6) is -0.650. The maximum Gasteiger partial charge on any atom is 0.199 e. The summed E-state index contributed by atoms with van der Waals surface area (Å²) in [7, 11) is 0. The number of carbonyl (C=O) groups excluding carboxylic acids is 1. The Bertz CT molecular complexity index is 596.